The van der Waals surface area contributed by atoms with E-state index in [2.05, 4.69) is 15.1 Å². The number of aliphatic hydroxyl groups excluding tert-OH is 1. The van der Waals surface area contributed by atoms with Gasteiger partial charge in [0.1, 0.15) is 0 Å². The lowest BCUT2D eigenvalue weighted by Crippen LogP contribution is -2.12. The van der Waals surface area contributed by atoms with Gasteiger partial charge in [-0.25, -0.2) is 0 Å². The summed E-state index contributed by atoms with van der Waals surface area (Å²) in [5.41, 5.74) is 7.58. The maximum atomic E-state index is 8.86. The first kappa shape index (κ1) is 12.7. The fraction of sp³-hybridized carbons (Fsp3) is 0.214. The van der Waals surface area contributed by atoms with Crippen LogP contribution in [0.15, 0.2) is 41.1 Å². The largest absolute Gasteiger partial charge is 0.396 e. The highest BCUT2D eigenvalue weighted by Crippen LogP contribution is 2.22. The molecule has 1 atom stereocenters. The van der Waals surface area contributed by atoms with E-state index in [4.69, 9.17) is 15.4 Å². The molecule has 0 aliphatic carbocycles. The number of nitrogens with two attached hydrogens (primary N) is 1. The summed E-state index contributed by atoms with van der Waals surface area (Å²) in [5.74, 6) is 0.819. The fourth-order valence-electron chi connectivity index (χ4n) is 1.98. The van der Waals surface area contributed by atoms with Crippen LogP contribution in [-0.2, 0) is 0 Å². The molecule has 0 amide bonds. The zero-order valence-corrected chi connectivity index (χ0v) is 10.7. The first-order valence-corrected chi connectivity index (χ1v) is 6.33. The van der Waals surface area contributed by atoms with E-state index in [1.54, 1.807) is 6.20 Å². The summed E-state index contributed by atoms with van der Waals surface area (Å²) in [6, 6.07) is 9.17. The number of aliphatic hydroxyl groups is 1. The monoisotopic (exact) mass is 270 g/mol. The third kappa shape index (κ3) is 2.38. The molecule has 0 radical (unpaired) electrons. The molecule has 2 heterocycles. The third-order valence-corrected chi connectivity index (χ3v) is 3.06. The number of hydrogen-bond acceptors (Lipinski definition) is 6. The first-order chi connectivity index (χ1) is 9.78. The highest BCUT2D eigenvalue weighted by atomic mass is 16.5. The van der Waals surface area contributed by atoms with Crippen LogP contribution in [0.1, 0.15) is 18.4 Å². The lowest BCUT2D eigenvalue weighted by molar-refractivity contribution is 0.259. The van der Waals surface area contributed by atoms with Crippen molar-refractivity contribution < 1.29 is 9.63 Å². The summed E-state index contributed by atoms with van der Waals surface area (Å²) in [4.78, 5) is 8.53. The van der Waals surface area contributed by atoms with E-state index in [0.717, 1.165) is 16.5 Å². The van der Waals surface area contributed by atoms with E-state index in [-0.39, 0.29) is 6.61 Å². The zero-order chi connectivity index (χ0) is 13.9. The molecular formula is C14H14N4O2. The van der Waals surface area contributed by atoms with Crippen molar-refractivity contribution in [2.24, 2.45) is 5.73 Å². The highest BCUT2D eigenvalue weighted by Gasteiger charge is 2.15. The second-order valence-electron chi connectivity index (χ2n) is 4.49. The van der Waals surface area contributed by atoms with Crippen LogP contribution < -0.4 is 5.73 Å². The molecule has 0 bridgehead atoms. The Balaban J connectivity index is 1.94. The van der Waals surface area contributed by atoms with E-state index < -0.39 is 6.04 Å². The van der Waals surface area contributed by atoms with Gasteiger partial charge in [-0.05, 0) is 30.7 Å². The molecule has 3 rings (SSSR count). The van der Waals surface area contributed by atoms with Crippen molar-refractivity contribution in [3.05, 3.63) is 42.4 Å². The normalized spacial score (nSPS) is 12.7. The van der Waals surface area contributed by atoms with Gasteiger partial charge in [0.15, 0.2) is 0 Å². The molecule has 20 heavy (non-hydrogen) atoms. The zero-order valence-electron chi connectivity index (χ0n) is 10.7. The molecule has 1 unspecified atom stereocenters. The summed E-state index contributed by atoms with van der Waals surface area (Å²) < 4.78 is 5.13. The number of fused-ring (bicyclic) bond motifs is 1. The van der Waals surface area contributed by atoms with Crippen LogP contribution in [0, 0.1) is 0 Å². The Kier molecular flexibility index (Phi) is 3.41. The SMILES string of the molecule is NC(CCO)c1nc(-c2ccc3ncccc3c2)no1. The molecule has 102 valence electrons. The summed E-state index contributed by atoms with van der Waals surface area (Å²) >= 11 is 0. The number of hydrogen-bond donors (Lipinski definition) is 2. The van der Waals surface area contributed by atoms with Crippen LogP contribution in [0.5, 0.6) is 0 Å². The van der Waals surface area contributed by atoms with Crippen molar-refractivity contribution in [2.45, 2.75) is 12.5 Å². The smallest absolute Gasteiger partial charge is 0.243 e. The minimum absolute atomic E-state index is 0.0134. The van der Waals surface area contributed by atoms with E-state index >= 15 is 0 Å². The third-order valence-electron chi connectivity index (χ3n) is 3.06. The Hall–Kier alpha value is -2.31. The van der Waals surface area contributed by atoms with E-state index in [1.807, 2.05) is 30.3 Å². The number of aromatic nitrogens is 3. The summed E-state index contributed by atoms with van der Waals surface area (Å²) in [7, 11) is 0. The summed E-state index contributed by atoms with van der Waals surface area (Å²) in [5, 5.41) is 13.8. The average molecular weight is 270 g/mol. The van der Waals surface area contributed by atoms with Crippen LogP contribution in [0.3, 0.4) is 0 Å². The predicted molar refractivity (Wildman–Crippen MR) is 73.7 cm³/mol. The number of pyridine rings is 1. The number of benzene rings is 1. The van der Waals surface area contributed by atoms with Crippen LogP contribution >= 0.6 is 0 Å². The molecule has 0 saturated heterocycles. The van der Waals surface area contributed by atoms with Crippen LogP contribution in [0.2, 0.25) is 0 Å². The molecule has 0 fully saturated rings. The topological polar surface area (TPSA) is 98.1 Å². The second-order valence-corrected chi connectivity index (χ2v) is 4.49. The lowest BCUT2D eigenvalue weighted by Gasteiger charge is -2.02. The maximum absolute atomic E-state index is 8.86. The van der Waals surface area contributed by atoms with Crippen molar-refractivity contribution in [3.8, 4) is 11.4 Å². The standard InChI is InChI=1S/C14H14N4O2/c15-11(5-7-19)14-17-13(18-20-14)10-3-4-12-9(8-10)2-1-6-16-12/h1-4,6,8,11,19H,5,7,15H2. The van der Waals surface area contributed by atoms with Crippen molar-refractivity contribution >= 4 is 10.9 Å². The van der Waals surface area contributed by atoms with Crippen molar-refractivity contribution in [1.82, 2.24) is 15.1 Å². The van der Waals surface area contributed by atoms with Gasteiger partial charge in [-0.1, -0.05) is 11.2 Å². The molecular weight excluding hydrogens is 256 g/mol. The second kappa shape index (κ2) is 5.36. The molecule has 0 saturated carbocycles. The van der Waals surface area contributed by atoms with E-state index in [1.165, 1.54) is 0 Å². The van der Waals surface area contributed by atoms with Gasteiger partial charge in [-0.15, -0.1) is 0 Å². The molecule has 0 aliphatic rings. The van der Waals surface area contributed by atoms with Crippen molar-refractivity contribution in [1.29, 1.82) is 0 Å². The lowest BCUT2D eigenvalue weighted by atomic mass is 10.1. The fourth-order valence-corrected chi connectivity index (χ4v) is 1.98. The van der Waals surface area contributed by atoms with Gasteiger partial charge >= 0.3 is 0 Å². The van der Waals surface area contributed by atoms with Gasteiger partial charge in [0.25, 0.3) is 0 Å². The summed E-state index contributed by atoms with van der Waals surface area (Å²) in [6.07, 6.45) is 2.14. The maximum Gasteiger partial charge on any atom is 0.243 e. The van der Waals surface area contributed by atoms with Gasteiger partial charge in [-0.2, -0.15) is 4.98 Å². The Morgan fingerprint density at radius 3 is 3.05 bits per heavy atom. The molecule has 6 heteroatoms. The number of nitrogens with zero attached hydrogens (tertiary/aromatic N) is 3. The minimum atomic E-state index is -0.441. The van der Waals surface area contributed by atoms with Gasteiger partial charge in [0.05, 0.1) is 11.6 Å². The quantitative estimate of drug-likeness (QED) is 0.748. The minimum Gasteiger partial charge on any atom is -0.396 e. The predicted octanol–water partition coefficient (Wildman–Crippen LogP) is 1.67. The Morgan fingerprint density at radius 1 is 1.30 bits per heavy atom. The number of rotatable bonds is 4. The van der Waals surface area contributed by atoms with Crippen LogP contribution in [-0.4, -0.2) is 26.8 Å². The molecule has 0 spiro atoms. The molecule has 0 aliphatic heterocycles. The molecule has 3 aromatic rings. The molecule has 2 aromatic heterocycles. The Bertz CT molecular complexity index is 726. The van der Waals surface area contributed by atoms with Crippen molar-refractivity contribution in [2.75, 3.05) is 6.61 Å². The molecule has 6 nitrogen and oxygen atoms in total. The van der Waals surface area contributed by atoms with Gasteiger partial charge in [-0.3, -0.25) is 4.98 Å². The highest BCUT2D eigenvalue weighted by molar-refractivity contribution is 5.82. The van der Waals surface area contributed by atoms with E-state index in [0.29, 0.717) is 18.1 Å². The first-order valence-electron chi connectivity index (χ1n) is 6.33. The van der Waals surface area contributed by atoms with E-state index in [9.17, 15) is 0 Å². The van der Waals surface area contributed by atoms with Crippen LogP contribution in [0.25, 0.3) is 22.3 Å². The Morgan fingerprint density at radius 2 is 2.20 bits per heavy atom. The average Bonchev–Trinajstić information content (AvgIpc) is 2.97. The van der Waals surface area contributed by atoms with Crippen LogP contribution in [0.4, 0.5) is 0 Å². The molecule has 1 aromatic carbocycles. The molecule has 3 N–H and O–H groups in total. The van der Waals surface area contributed by atoms with Gasteiger partial charge < -0.3 is 15.4 Å². The van der Waals surface area contributed by atoms with Gasteiger partial charge in [0, 0.05) is 23.8 Å². The summed E-state index contributed by atoms with van der Waals surface area (Å²) in [6.45, 7) is -0.0134. The van der Waals surface area contributed by atoms with Gasteiger partial charge in [0.2, 0.25) is 11.7 Å². The Labute approximate surface area is 115 Å². The van der Waals surface area contributed by atoms with Crippen molar-refractivity contribution in [3.63, 3.8) is 0 Å².